The third-order valence-electron chi connectivity index (χ3n) is 4.06. The molecule has 1 amide bonds. The summed E-state index contributed by atoms with van der Waals surface area (Å²) in [7, 11) is 4.66. The number of thioether (sulfide) groups is 1. The van der Waals surface area contributed by atoms with Gasteiger partial charge in [-0.25, -0.2) is 0 Å². The number of methoxy groups -OCH3 is 3. The molecule has 0 aliphatic carbocycles. The highest BCUT2D eigenvalue weighted by Gasteiger charge is 2.33. The van der Waals surface area contributed by atoms with E-state index >= 15 is 0 Å². The van der Waals surface area contributed by atoms with Crippen molar-refractivity contribution < 1.29 is 28.5 Å². The summed E-state index contributed by atoms with van der Waals surface area (Å²) >= 11 is 1.63. The van der Waals surface area contributed by atoms with Crippen molar-refractivity contribution in [3.8, 4) is 17.2 Å². The maximum absolute atomic E-state index is 12.5. The summed E-state index contributed by atoms with van der Waals surface area (Å²) < 4.78 is 21.3. The van der Waals surface area contributed by atoms with Crippen LogP contribution in [-0.4, -0.2) is 57.0 Å². The summed E-state index contributed by atoms with van der Waals surface area (Å²) in [6.07, 6.45) is 0.603. The molecule has 1 heterocycles. The number of hydrogen-bond donors (Lipinski definition) is 0. The molecule has 0 spiro atoms. The van der Waals surface area contributed by atoms with Gasteiger partial charge in [-0.1, -0.05) is 0 Å². The van der Waals surface area contributed by atoms with Gasteiger partial charge in [0.1, 0.15) is 5.37 Å². The molecule has 0 saturated carbocycles. The molecule has 144 valence electrons. The Kier molecular flexibility index (Phi) is 7.44. The monoisotopic (exact) mass is 383 g/mol. The number of ether oxygens (including phenoxy) is 4. The Hall–Kier alpha value is -2.09. The minimum atomic E-state index is -0.311. The van der Waals surface area contributed by atoms with Gasteiger partial charge in [-0.05, 0) is 19.1 Å². The Bertz CT molecular complexity index is 651. The average molecular weight is 383 g/mol. The first-order chi connectivity index (χ1) is 12.6. The molecule has 7 nitrogen and oxygen atoms in total. The van der Waals surface area contributed by atoms with Crippen LogP contribution in [0, 0.1) is 0 Å². The Balaban J connectivity index is 2.33. The van der Waals surface area contributed by atoms with E-state index in [0.717, 1.165) is 5.56 Å². The number of carbonyl (C=O) groups excluding carboxylic acids is 2. The molecular formula is C18H25NO6S. The average Bonchev–Trinajstić information content (AvgIpc) is 2.65. The lowest BCUT2D eigenvalue weighted by molar-refractivity contribution is -0.144. The van der Waals surface area contributed by atoms with Crippen molar-refractivity contribution in [2.75, 3.05) is 40.2 Å². The number of benzene rings is 1. The molecule has 26 heavy (non-hydrogen) atoms. The van der Waals surface area contributed by atoms with E-state index in [-0.39, 0.29) is 23.7 Å². The molecule has 1 aromatic rings. The van der Waals surface area contributed by atoms with Crippen LogP contribution in [0.3, 0.4) is 0 Å². The van der Waals surface area contributed by atoms with E-state index in [4.69, 9.17) is 18.9 Å². The fraction of sp³-hybridized carbons (Fsp3) is 0.556. The highest BCUT2D eigenvalue weighted by Crippen LogP contribution is 2.48. The Morgan fingerprint density at radius 2 is 1.92 bits per heavy atom. The molecule has 1 aromatic carbocycles. The van der Waals surface area contributed by atoms with Crippen LogP contribution in [0.1, 0.15) is 30.7 Å². The number of amides is 1. The lowest BCUT2D eigenvalue weighted by atomic mass is 10.1. The molecule has 1 fully saturated rings. The topological polar surface area (TPSA) is 74.3 Å². The van der Waals surface area contributed by atoms with E-state index in [1.165, 1.54) is 0 Å². The predicted octanol–water partition coefficient (Wildman–Crippen LogP) is 2.63. The summed E-state index contributed by atoms with van der Waals surface area (Å²) in [4.78, 5) is 25.9. The molecule has 0 radical (unpaired) electrons. The van der Waals surface area contributed by atoms with Gasteiger partial charge in [0.05, 0.1) is 34.4 Å². The summed E-state index contributed by atoms with van der Waals surface area (Å²) in [5.41, 5.74) is 0.812. The fourth-order valence-electron chi connectivity index (χ4n) is 2.89. The minimum absolute atomic E-state index is 0.00915. The van der Waals surface area contributed by atoms with Crippen LogP contribution < -0.4 is 14.2 Å². The van der Waals surface area contributed by atoms with Crippen LogP contribution in [0.15, 0.2) is 12.1 Å². The summed E-state index contributed by atoms with van der Waals surface area (Å²) in [5.74, 6) is 1.97. The maximum atomic E-state index is 12.5. The zero-order valence-electron chi connectivity index (χ0n) is 15.6. The molecule has 2 rings (SSSR count). The van der Waals surface area contributed by atoms with E-state index in [1.807, 2.05) is 6.07 Å². The summed E-state index contributed by atoms with van der Waals surface area (Å²) in [6.45, 7) is 2.39. The van der Waals surface area contributed by atoms with Gasteiger partial charge in [0.15, 0.2) is 11.5 Å². The summed E-state index contributed by atoms with van der Waals surface area (Å²) in [6, 6.07) is 3.66. The SMILES string of the molecule is CCOC(=O)CCN1C(=O)CCSC1c1ccc(OC)c(OC)c1OC. The first-order valence-corrected chi connectivity index (χ1v) is 9.47. The molecule has 1 aliphatic heterocycles. The van der Waals surface area contributed by atoms with Gasteiger partial charge in [0.25, 0.3) is 0 Å². The molecule has 8 heteroatoms. The van der Waals surface area contributed by atoms with Crippen LogP contribution in [-0.2, 0) is 14.3 Å². The van der Waals surface area contributed by atoms with Crippen molar-refractivity contribution in [3.63, 3.8) is 0 Å². The largest absolute Gasteiger partial charge is 0.493 e. The smallest absolute Gasteiger partial charge is 0.307 e. The fourth-order valence-corrected chi connectivity index (χ4v) is 4.17. The first kappa shape index (κ1) is 20.2. The lowest BCUT2D eigenvalue weighted by Gasteiger charge is -2.36. The third kappa shape index (κ3) is 4.35. The molecule has 0 aromatic heterocycles. The number of hydrogen-bond acceptors (Lipinski definition) is 7. The first-order valence-electron chi connectivity index (χ1n) is 8.42. The van der Waals surface area contributed by atoms with Crippen molar-refractivity contribution >= 4 is 23.6 Å². The van der Waals surface area contributed by atoms with E-state index in [1.54, 1.807) is 51.0 Å². The van der Waals surface area contributed by atoms with Crippen molar-refractivity contribution in [1.29, 1.82) is 0 Å². The van der Waals surface area contributed by atoms with E-state index in [9.17, 15) is 9.59 Å². The molecule has 0 N–H and O–H groups in total. The molecule has 1 atom stereocenters. The molecular weight excluding hydrogens is 358 g/mol. The van der Waals surface area contributed by atoms with Crippen LogP contribution >= 0.6 is 11.8 Å². The highest BCUT2D eigenvalue weighted by molar-refractivity contribution is 7.99. The van der Waals surface area contributed by atoms with Crippen molar-refractivity contribution in [3.05, 3.63) is 17.7 Å². The lowest BCUT2D eigenvalue weighted by Crippen LogP contribution is -2.39. The summed E-state index contributed by atoms with van der Waals surface area (Å²) in [5, 5.41) is -0.263. The maximum Gasteiger partial charge on any atom is 0.307 e. The molecule has 1 saturated heterocycles. The van der Waals surface area contributed by atoms with E-state index < -0.39 is 0 Å². The predicted molar refractivity (Wildman–Crippen MR) is 98.9 cm³/mol. The van der Waals surface area contributed by atoms with Gasteiger partial charge < -0.3 is 23.8 Å². The number of carbonyl (C=O) groups is 2. The quantitative estimate of drug-likeness (QED) is 0.639. The Morgan fingerprint density at radius 1 is 1.19 bits per heavy atom. The normalized spacial score (nSPS) is 17.0. The van der Waals surface area contributed by atoms with Gasteiger partial charge in [-0.3, -0.25) is 9.59 Å². The Labute approximate surface area is 157 Å². The van der Waals surface area contributed by atoms with Crippen molar-refractivity contribution in [2.45, 2.75) is 25.1 Å². The van der Waals surface area contributed by atoms with Crippen LogP contribution in [0.2, 0.25) is 0 Å². The second-order valence-electron chi connectivity index (χ2n) is 5.54. The van der Waals surface area contributed by atoms with Gasteiger partial charge in [-0.2, -0.15) is 0 Å². The number of esters is 1. The second kappa shape index (κ2) is 9.56. The van der Waals surface area contributed by atoms with Gasteiger partial charge in [0.2, 0.25) is 11.7 Å². The molecule has 1 unspecified atom stereocenters. The minimum Gasteiger partial charge on any atom is -0.493 e. The molecule has 1 aliphatic rings. The zero-order valence-corrected chi connectivity index (χ0v) is 16.4. The number of nitrogens with zero attached hydrogens (tertiary/aromatic N) is 1. The standard InChI is InChI=1S/C18H25NO6S/c1-5-25-15(21)8-10-19-14(20)9-11-26-18(19)12-6-7-13(22-2)17(24-4)16(12)23-3/h6-7,18H,5,8-11H2,1-4H3. The van der Waals surface area contributed by atoms with Gasteiger partial charge >= 0.3 is 5.97 Å². The van der Waals surface area contributed by atoms with Crippen molar-refractivity contribution in [2.24, 2.45) is 0 Å². The van der Waals surface area contributed by atoms with Crippen LogP contribution in [0.4, 0.5) is 0 Å². The van der Waals surface area contributed by atoms with E-state index in [0.29, 0.717) is 42.6 Å². The van der Waals surface area contributed by atoms with Crippen LogP contribution in [0.25, 0.3) is 0 Å². The zero-order chi connectivity index (χ0) is 19.1. The van der Waals surface area contributed by atoms with Crippen molar-refractivity contribution in [1.82, 2.24) is 4.90 Å². The van der Waals surface area contributed by atoms with Gasteiger partial charge in [0, 0.05) is 24.3 Å². The third-order valence-corrected chi connectivity index (χ3v) is 5.32. The van der Waals surface area contributed by atoms with Crippen LogP contribution in [0.5, 0.6) is 17.2 Å². The van der Waals surface area contributed by atoms with Gasteiger partial charge in [-0.15, -0.1) is 11.8 Å². The van der Waals surface area contributed by atoms with E-state index in [2.05, 4.69) is 0 Å². The molecule has 0 bridgehead atoms. The Morgan fingerprint density at radius 3 is 2.54 bits per heavy atom. The second-order valence-corrected chi connectivity index (χ2v) is 6.73. The number of rotatable bonds is 8. The highest BCUT2D eigenvalue weighted by atomic mass is 32.2.